The van der Waals surface area contributed by atoms with Crippen molar-refractivity contribution in [3.8, 4) is 0 Å². The molecule has 0 N–H and O–H groups in total. The number of carbonyl (C=O) groups is 2. The Bertz CT molecular complexity index is 309. The molecule has 1 heterocycles. The van der Waals surface area contributed by atoms with E-state index in [1.165, 1.54) is 0 Å². The summed E-state index contributed by atoms with van der Waals surface area (Å²) < 4.78 is 23.9. The van der Waals surface area contributed by atoms with E-state index in [1.807, 2.05) is 0 Å². The minimum absolute atomic E-state index is 0.432. The molecule has 0 aliphatic rings. The molecule has 0 amide bonds. The molecule has 0 radical (unpaired) electrons. The number of rotatable bonds is 2. The number of pyridine rings is 1. The van der Waals surface area contributed by atoms with Gasteiger partial charge in [-0.1, -0.05) is 0 Å². The fourth-order valence-corrected chi connectivity index (χ4v) is 0.655. The van der Waals surface area contributed by atoms with E-state index in [9.17, 15) is 18.4 Å². The molecule has 0 atom stereocenters. The van der Waals surface area contributed by atoms with E-state index in [2.05, 4.69) is 4.98 Å². The summed E-state index contributed by atoms with van der Waals surface area (Å²) in [5.41, 5.74) is -0.864. The minimum atomic E-state index is -1.74. The van der Waals surface area contributed by atoms with Crippen molar-refractivity contribution in [1.29, 1.82) is 0 Å². The SMILES string of the molecule is O=C(F)c1cncc(C(=O)F)c1. The zero-order chi connectivity index (χ0) is 9.14. The van der Waals surface area contributed by atoms with E-state index in [0.717, 1.165) is 18.5 Å². The summed E-state index contributed by atoms with van der Waals surface area (Å²) in [6.45, 7) is 0. The second kappa shape index (κ2) is 3.17. The number of aromatic nitrogens is 1. The number of hydrogen-bond donors (Lipinski definition) is 0. The van der Waals surface area contributed by atoms with E-state index in [4.69, 9.17) is 0 Å². The van der Waals surface area contributed by atoms with Gasteiger partial charge in [0.05, 0.1) is 11.1 Å². The van der Waals surface area contributed by atoms with Crippen molar-refractivity contribution >= 4 is 12.1 Å². The second-order valence-corrected chi connectivity index (χ2v) is 2.01. The molecule has 0 aliphatic heterocycles. The van der Waals surface area contributed by atoms with Crippen LogP contribution in [0, 0.1) is 0 Å². The highest BCUT2D eigenvalue weighted by Crippen LogP contribution is 2.05. The zero-order valence-corrected chi connectivity index (χ0v) is 5.75. The Morgan fingerprint density at radius 2 is 1.50 bits per heavy atom. The lowest BCUT2D eigenvalue weighted by Gasteiger charge is -1.92. The van der Waals surface area contributed by atoms with Gasteiger partial charge < -0.3 is 0 Å². The van der Waals surface area contributed by atoms with Gasteiger partial charge in [-0.05, 0) is 6.07 Å². The molecule has 0 fully saturated rings. The first-order valence-electron chi connectivity index (χ1n) is 2.96. The standard InChI is InChI=1S/C7H3F2NO2/c8-6(11)4-1-5(7(9)12)3-10-2-4/h1-3H. The molecule has 0 aliphatic carbocycles. The smallest absolute Gasteiger partial charge is 0.263 e. The molecule has 1 aromatic rings. The van der Waals surface area contributed by atoms with Gasteiger partial charge in [0, 0.05) is 12.4 Å². The highest BCUT2D eigenvalue weighted by atomic mass is 19.1. The maximum atomic E-state index is 12.0. The zero-order valence-electron chi connectivity index (χ0n) is 5.75. The average Bonchev–Trinajstić information content (AvgIpc) is 2.04. The van der Waals surface area contributed by atoms with Gasteiger partial charge in [-0.25, -0.2) is 0 Å². The summed E-state index contributed by atoms with van der Waals surface area (Å²) >= 11 is 0. The van der Waals surface area contributed by atoms with Gasteiger partial charge in [-0.15, -0.1) is 0 Å². The van der Waals surface area contributed by atoms with Gasteiger partial charge in [0.25, 0.3) is 0 Å². The van der Waals surface area contributed by atoms with Crippen molar-refractivity contribution < 1.29 is 18.4 Å². The summed E-state index contributed by atoms with van der Waals surface area (Å²) in [5, 5.41) is 0. The van der Waals surface area contributed by atoms with Crippen LogP contribution in [-0.2, 0) is 0 Å². The predicted molar refractivity (Wildman–Crippen MR) is 35.1 cm³/mol. The summed E-state index contributed by atoms with van der Waals surface area (Å²) in [7, 11) is 0. The quantitative estimate of drug-likeness (QED) is 0.630. The van der Waals surface area contributed by atoms with Crippen LogP contribution in [0.4, 0.5) is 8.78 Å². The summed E-state index contributed by atoms with van der Waals surface area (Å²) in [5.74, 6) is 0. The first-order chi connectivity index (χ1) is 5.61. The minimum Gasteiger partial charge on any atom is -0.263 e. The van der Waals surface area contributed by atoms with E-state index in [-0.39, 0.29) is 0 Å². The van der Waals surface area contributed by atoms with Gasteiger partial charge in [-0.3, -0.25) is 14.6 Å². The molecule has 3 nitrogen and oxygen atoms in total. The van der Waals surface area contributed by atoms with Crippen LogP contribution < -0.4 is 0 Å². The van der Waals surface area contributed by atoms with Crippen LogP contribution in [0.3, 0.4) is 0 Å². The molecule has 0 bridgehead atoms. The van der Waals surface area contributed by atoms with Crippen molar-refractivity contribution in [3.63, 3.8) is 0 Å². The van der Waals surface area contributed by atoms with Gasteiger partial charge in [0.2, 0.25) is 0 Å². The molecule has 62 valence electrons. The Morgan fingerprint density at radius 1 is 1.08 bits per heavy atom. The number of nitrogens with zero attached hydrogens (tertiary/aromatic N) is 1. The van der Waals surface area contributed by atoms with E-state index < -0.39 is 23.2 Å². The Labute approximate surface area is 66.0 Å². The summed E-state index contributed by atoms with van der Waals surface area (Å²) in [6, 6.07) is -2.69. The van der Waals surface area contributed by atoms with Crippen LogP contribution in [0.25, 0.3) is 0 Å². The van der Waals surface area contributed by atoms with Crippen LogP contribution in [0.1, 0.15) is 20.7 Å². The predicted octanol–water partition coefficient (Wildman–Crippen LogP) is 1.30. The number of carbonyl (C=O) groups excluding carboxylic acids is 2. The summed E-state index contributed by atoms with van der Waals surface area (Å²) in [6.07, 6.45) is 1.82. The molecule has 1 aromatic heterocycles. The molecule has 0 unspecified atom stereocenters. The molecule has 0 spiro atoms. The summed E-state index contributed by atoms with van der Waals surface area (Å²) in [4.78, 5) is 23.5. The van der Waals surface area contributed by atoms with Crippen LogP contribution in [0.5, 0.6) is 0 Å². The molecule has 1 rings (SSSR count). The van der Waals surface area contributed by atoms with Crippen molar-refractivity contribution in [1.82, 2.24) is 4.98 Å². The van der Waals surface area contributed by atoms with Crippen molar-refractivity contribution in [2.45, 2.75) is 0 Å². The lowest BCUT2D eigenvalue weighted by Crippen LogP contribution is -1.97. The van der Waals surface area contributed by atoms with Crippen molar-refractivity contribution in [3.05, 3.63) is 29.6 Å². The first kappa shape index (κ1) is 8.45. The van der Waals surface area contributed by atoms with Crippen molar-refractivity contribution in [2.75, 3.05) is 0 Å². The normalized spacial score (nSPS) is 9.50. The molecule has 5 heteroatoms. The van der Waals surface area contributed by atoms with Crippen LogP contribution >= 0.6 is 0 Å². The fraction of sp³-hybridized carbons (Fsp3) is 0. The highest BCUT2D eigenvalue weighted by Gasteiger charge is 2.09. The molecule has 0 saturated heterocycles. The third-order valence-corrected chi connectivity index (χ3v) is 1.19. The maximum absolute atomic E-state index is 12.0. The third kappa shape index (κ3) is 1.69. The third-order valence-electron chi connectivity index (χ3n) is 1.19. The van der Waals surface area contributed by atoms with Crippen LogP contribution in [0.2, 0.25) is 0 Å². The number of hydrogen-bond acceptors (Lipinski definition) is 3. The monoisotopic (exact) mass is 171 g/mol. The molecular formula is C7H3F2NO2. The molecule has 12 heavy (non-hydrogen) atoms. The number of halogens is 2. The average molecular weight is 171 g/mol. The molecular weight excluding hydrogens is 168 g/mol. The first-order valence-corrected chi connectivity index (χ1v) is 2.96. The molecule has 0 aromatic carbocycles. The Morgan fingerprint density at radius 3 is 1.83 bits per heavy atom. The van der Waals surface area contributed by atoms with E-state index >= 15 is 0 Å². The Hall–Kier alpha value is -1.65. The van der Waals surface area contributed by atoms with Crippen LogP contribution in [0.15, 0.2) is 18.5 Å². The maximum Gasteiger partial charge on any atom is 0.333 e. The van der Waals surface area contributed by atoms with E-state index in [1.54, 1.807) is 0 Å². The largest absolute Gasteiger partial charge is 0.333 e. The van der Waals surface area contributed by atoms with Crippen molar-refractivity contribution in [2.24, 2.45) is 0 Å². The second-order valence-electron chi connectivity index (χ2n) is 2.01. The molecule has 0 saturated carbocycles. The highest BCUT2D eigenvalue weighted by molar-refractivity contribution is 5.93. The fourth-order valence-electron chi connectivity index (χ4n) is 0.655. The Kier molecular flexibility index (Phi) is 2.23. The van der Waals surface area contributed by atoms with Gasteiger partial charge in [-0.2, -0.15) is 8.78 Å². The van der Waals surface area contributed by atoms with E-state index in [0.29, 0.717) is 0 Å². The lowest BCUT2D eigenvalue weighted by molar-refractivity contribution is 0.0834. The van der Waals surface area contributed by atoms with Gasteiger partial charge in [0.1, 0.15) is 0 Å². The topological polar surface area (TPSA) is 47.0 Å². The van der Waals surface area contributed by atoms with Crippen LogP contribution in [-0.4, -0.2) is 17.1 Å². The Balaban J connectivity index is 3.12. The van der Waals surface area contributed by atoms with Gasteiger partial charge in [0.15, 0.2) is 0 Å². The van der Waals surface area contributed by atoms with Gasteiger partial charge >= 0.3 is 12.1 Å². The lowest BCUT2D eigenvalue weighted by atomic mass is 10.2.